The summed E-state index contributed by atoms with van der Waals surface area (Å²) in [5.74, 6) is 0. The first kappa shape index (κ1) is 27.3. The first-order valence-corrected chi connectivity index (χ1v) is 9.93. The number of thiol groups is 2. The summed E-state index contributed by atoms with van der Waals surface area (Å²) in [6.07, 6.45) is -0.391. The Labute approximate surface area is 147 Å². The van der Waals surface area contributed by atoms with Gasteiger partial charge in [0.25, 0.3) is 30.7 Å². The molecule has 0 aromatic carbocycles. The van der Waals surface area contributed by atoms with E-state index in [1.54, 1.807) is 4.90 Å². The van der Waals surface area contributed by atoms with Crippen molar-refractivity contribution < 1.29 is 35.5 Å². The van der Waals surface area contributed by atoms with E-state index in [-0.39, 0.29) is 5.24 Å². The van der Waals surface area contributed by atoms with Gasteiger partial charge in [-0.3, -0.25) is 18.7 Å². The lowest BCUT2D eigenvalue weighted by atomic mass is 10.6. The molecule has 0 aliphatic heterocycles. The number of primary amides is 1. The second-order valence-corrected chi connectivity index (χ2v) is 7.98. The normalized spacial score (nSPS) is 10.8. The van der Waals surface area contributed by atoms with E-state index in [0.717, 1.165) is 13.1 Å². The topological polar surface area (TPSA) is 172 Å². The standard InChI is InChI=1S/C5H11NOS.C3H8O6S2.CH3NOS/c1-3-6(4-2)5(7)8;1-2-3(10(4,5)6)11(7,8)9;2-1(3)4/h3-4H2,1-2H3,(H,7,8);3H,2H2,1H3,(H,4,5,6)(H,7,8,9);(H3,2,3,4). The summed E-state index contributed by atoms with van der Waals surface area (Å²) in [4.78, 5) is 21.1. The van der Waals surface area contributed by atoms with Gasteiger partial charge in [-0.1, -0.05) is 32.2 Å². The number of hydrogen-bond donors (Lipinski definition) is 5. The van der Waals surface area contributed by atoms with Crippen LogP contribution in [-0.2, 0) is 20.2 Å². The molecule has 4 N–H and O–H groups in total. The van der Waals surface area contributed by atoms with Crippen LogP contribution in [0.1, 0.15) is 27.2 Å². The lowest BCUT2D eigenvalue weighted by Crippen LogP contribution is -2.28. The first-order chi connectivity index (χ1) is 10.1. The Kier molecular flexibility index (Phi) is 15.2. The SMILES string of the molecule is CCC(S(=O)(=O)O)S(=O)(=O)O.CCN(CC)C(=O)S.NC(=O)S. The molecule has 0 atom stereocenters. The Morgan fingerprint density at radius 2 is 1.26 bits per heavy atom. The molecule has 0 aliphatic rings. The molecular formula is C9H22N2O8S4. The third-order valence-corrected chi connectivity index (χ3v) is 5.77. The second kappa shape index (κ2) is 12.8. The van der Waals surface area contributed by atoms with Crippen molar-refractivity contribution in [3.8, 4) is 0 Å². The zero-order valence-corrected chi connectivity index (χ0v) is 16.2. The number of hydrogen-bond acceptors (Lipinski definition) is 6. The minimum absolute atomic E-state index is 0.144. The van der Waals surface area contributed by atoms with E-state index in [1.807, 2.05) is 13.8 Å². The van der Waals surface area contributed by atoms with Crippen LogP contribution in [0.15, 0.2) is 0 Å². The molecule has 0 bridgehead atoms. The van der Waals surface area contributed by atoms with Crippen molar-refractivity contribution in [2.24, 2.45) is 5.73 Å². The summed E-state index contributed by atoms with van der Waals surface area (Å²) >= 11 is 6.75. The smallest absolute Gasteiger partial charge is 0.284 e. The molecule has 0 heterocycles. The van der Waals surface area contributed by atoms with Gasteiger partial charge in [0.15, 0.2) is 0 Å². The maximum absolute atomic E-state index is 10.4. The van der Waals surface area contributed by atoms with Gasteiger partial charge >= 0.3 is 0 Å². The van der Waals surface area contributed by atoms with Crippen LogP contribution < -0.4 is 5.73 Å². The highest BCUT2D eigenvalue weighted by Gasteiger charge is 2.33. The van der Waals surface area contributed by atoms with Crippen LogP contribution in [0.25, 0.3) is 0 Å². The van der Waals surface area contributed by atoms with Crippen molar-refractivity contribution in [3.63, 3.8) is 0 Å². The van der Waals surface area contributed by atoms with E-state index in [1.165, 1.54) is 6.92 Å². The van der Waals surface area contributed by atoms with Crippen LogP contribution in [-0.4, -0.2) is 59.0 Å². The highest BCUT2D eigenvalue weighted by molar-refractivity contribution is 8.03. The van der Waals surface area contributed by atoms with Crippen LogP contribution in [0.2, 0.25) is 0 Å². The van der Waals surface area contributed by atoms with Crippen LogP contribution in [0, 0.1) is 0 Å². The van der Waals surface area contributed by atoms with Crippen molar-refractivity contribution >= 4 is 56.0 Å². The Hall–Kier alpha value is -0.540. The van der Waals surface area contributed by atoms with E-state index in [2.05, 4.69) is 31.0 Å². The minimum Gasteiger partial charge on any atom is -0.361 e. The van der Waals surface area contributed by atoms with Gasteiger partial charge < -0.3 is 10.6 Å². The Morgan fingerprint density at radius 3 is 1.26 bits per heavy atom. The molecule has 2 amide bonds. The Balaban J connectivity index is -0.000000292. The highest BCUT2D eigenvalue weighted by Crippen LogP contribution is 2.09. The quantitative estimate of drug-likeness (QED) is 0.325. The molecule has 0 saturated heterocycles. The summed E-state index contributed by atoms with van der Waals surface area (Å²) in [5, 5.41) is -0.782. The molecule has 0 saturated carbocycles. The van der Waals surface area contributed by atoms with Gasteiger partial charge in [-0.25, -0.2) is 0 Å². The molecule has 10 nitrogen and oxygen atoms in total. The molecule has 14 heteroatoms. The summed E-state index contributed by atoms with van der Waals surface area (Å²) in [6.45, 7) is 6.57. The molecule has 0 unspecified atom stereocenters. The molecule has 0 fully saturated rings. The van der Waals surface area contributed by atoms with E-state index >= 15 is 0 Å². The second-order valence-electron chi connectivity index (χ2n) is 3.66. The Bertz CT molecular complexity index is 520. The van der Waals surface area contributed by atoms with Crippen LogP contribution >= 0.6 is 25.3 Å². The van der Waals surface area contributed by atoms with Gasteiger partial charge in [0.05, 0.1) is 0 Å². The van der Waals surface area contributed by atoms with Crippen molar-refractivity contribution in [1.29, 1.82) is 0 Å². The average Bonchev–Trinajstić information content (AvgIpc) is 2.26. The minimum atomic E-state index is -4.71. The Morgan fingerprint density at radius 1 is 1.00 bits per heavy atom. The van der Waals surface area contributed by atoms with Crippen LogP contribution in [0.5, 0.6) is 0 Å². The number of carbonyl (C=O) groups excluding carboxylic acids is 2. The number of amides is 2. The lowest BCUT2D eigenvalue weighted by Gasteiger charge is -2.13. The van der Waals surface area contributed by atoms with E-state index in [0.29, 0.717) is 0 Å². The van der Waals surface area contributed by atoms with Gasteiger partial charge in [0.1, 0.15) is 0 Å². The summed E-state index contributed by atoms with van der Waals surface area (Å²) in [6, 6.07) is 0. The molecule has 0 rings (SSSR count). The third kappa shape index (κ3) is 17.6. The van der Waals surface area contributed by atoms with E-state index < -0.39 is 36.5 Å². The number of carbonyl (C=O) groups is 2. The summed E-state index contributed by atoms with van der Waals surface area (Å²) < 4.78 is 55.3. The van der Waals surface area contributed by atoms with Crippen molar-refractivity contribution in [2.45, 2.75) is 31.8 Å². The van der Waals surface area contributed by atoms with Crippen LogP contribution in [0.4, 0.5) is 9.59 Å². The number of nitrogens with two attached hydrogens (primary N) is 1. The van der Waals surface area contributed by atoms with Gasteiger partial charge in [-0.2, -0.15) is 16.8 Å². The zero-order valence-electron chi connectivity index (χ0n) is 12.8. The predicted octanol–water partition coefficient (Wildman–Crippen LogP) is 0.871. The molecule has 0 radical (unpaired) electrons. The lowest BCUT2D eigenvalue weighted by molar-refractivity contribution is 0.229. The summed E-state index contributed by atoms with van der Waals surface area (Å²) in [5.41, 5.74) is 4.34. The largest absolute Gasteiger partial charge is 0.361 e. The average molecular weight is 415 g/mol. The molecule has 0 aromatic heterocycles. The number of rotatable bonds is 5. The molecule has 0 spiro atoms. The van der Waals surface area contributed by atoms with Gasteiger partial charge in [-0.15, -0.1) is 0 Å². The van der Waals surface area contributed by atoms with Gasteiger partial charge in [-0.05, 0) is 20.3 Å². The first-order valence-electron chi connectivity index (χ1n) is 6.03. The van der Waals surface area contributed by atoms with Crippen molar-refractivity contribution in [3.05, 3.63) is 0 Å². The van der Waals surface area contributed by atoms with Gasteiger partial charge in [0, 0.05) is 13.1 Å². The highest BCUT2D eigenvalue weighted by atomic mass is 32.3. The fraction of sp³-hybridized carbons (Fsp3) is 0.778. The molecule has 23 heavy (non-hydrogen) atoms. The molecule has 140 valence electrons. The monoisotopic (exact) mass is 414 g/mol. The molecule has 0 aromatic rings. The molecular weight excluding hydrogens is 392 g/mol. The fourth-order valence-electron chi connectivity index (χ4n) is 1.07. The van der Waals surface area contributed by atoms with Crippen molar-refractivity contribution in [2.75, 3.05) is 13.1 Å². The number of nitrogens with zero attached hydrogens (tertiary/aromatic N) is 1. The maximum Gasteiger partial charge on any atom is 0.284 e. The zero-order chi connectivity index (χ0) is 19.4. The molecule has 0 aliphatic carbocycles. The summed E-state index contributed by atoms with van der Waals surface area (Å²) in [7, 11) is -9.42. The third-order valence-electron chi connectivity index (χ3n) is 2.03. The van der Waals surface area contributed by atoms with E-state index in [9.17, 15) is 21.6 Å². The van der Waals surface area contributed by atoms with E-state index in [4.69, 9.17) is 13.9 Å². The van der Waals surface area contributed by atoms with Crippen LogP contribution in [0.3, 0.4) is 0 Å². The maximum atomic E-state index is 10.4. The van der Waals surface area contributed by atoms with Crippen molar-refractivity contribution in [1.82, 2.24) is 4.90 Å². The predicted molar refractivity (Wildman–Crippen MR) is 93.0 cm³/mol. The fourth-order valence-corrected chi connectivity index (χ4v) is 3.42. The van der Waals surface area contributed by atoms with Gasteiger partial charge in [0.2, 0.25) is 4.58 Å².